The van der Waals surface area contributed by atoms with Crippen LogP contribution >= 0.6 is 0 Å². The Balaban J connectivity index is 1.50. The predicted molar refractivity (Wildman–Crippen MR) is 147 cm³/mol. The number of amides is 1. The fourth-order valence-electron chi connectivity index (χ4n) is 5.58. The van der Waals surface area contributed by atoms with Crippen molar-refractivity contribution in [1.29, 1.82) is 0 Å². The summed E-state index contributed by atoms with van der Waals surface area (Å²) in [5, 5.41) is 12.8. The fraction of sp³-hybridized carbons (Fsp3) is 0.724. The zero-order chi connectivity index (χ0) is 28.5. The molecule has 0 radical (unpaired) electrons. The van der Waals surface area contributed by atoms with Crippen LogP contribution in [0, 0.1) is 23.2 Å². The lowest BCUT2D eigenvalue weighted by Gasteiger charge is -2.34. The normalized spacial score (nSPS) is 27.5. The largest absolute Gasteiger partial charge is 0.497 e. The van der Waals surface area contributed by atoms with Gasteiger partial charge in [-0.2, -0.15) is 14.3 Å². The summed E-state index contributed by atoms with van der Waals surface area (Å²) in [5.41, 5.74) is 2.26. The molecule has 0 bridgehead atoms. The van der Waals surface area contributed by atoms with Crippen LogP contribution in [-0.2, 0) is 9.53 Å². The van der Waals surface area contributed by atoms with Gasteiger partial charge < -0.3 is 24.9 Å². The standard InChI is InChI=1S/C29H44F2N4O4/c1-17-13-19(17)9-7-8-12-29(30,31)24-26(33-22-14-20(38-6)10-11-21(22)32-24)39-23-16-35(15-18(23)2)27(36)25(34-37)28(3,4)5/h10-11,14,17-19,23,25-26,33-34,37H,7-9,12-13,15-16H2,1-6H3/t17?,18-,19+,23-,25+,26?/m0/s1. The highest BCUT2D eigenvalue weighted by Crippen LogP contribution is 2.43. The van der Waals surface area contributed by atoms with Crippen LogP contribution in [0.3, 0.4) is 0 Å². The zero-order valence-corrected chi connectivity index (χ0v) is 24.0. The topological polar surface area (TPSA) is 95.4 Å². The minimum atomic E-state index is -3.15. The zero-order valence-electron chi connectivity index (χ0n) is 24.0. The average Bonchev–Trinajstić information content (AvgIpc) is 3.46. The first-order valence-electron chi connectivity index (χ1n) is 14.1. The number of alkyl halides is 2. The van der Waals surface area contributed by atoms with E-state index in [1.807, 2.05) is 27.7 Å². The van der Waals surface area contributed by atoms with Gasteiger partial charge in [-0.15, -0.1) is 0 Å². The van der Waals surface area contributed by atoms with Gasteiger partial charge in [0.1, 0.15) is 17.5 Å². The van der Waals surface area contributed by atoms with Gasteiger partial charge in [0.05, 0.1) is 24.6 Å². The van der Waals surface area contributed by atoms with Gasteiger partial charge in [-0.25, -0.2) is 4.99 Å². The second-order valence-electron chi connectivity index (χ2n) is 12.7. The Bertz CT molecular complexity index is 1060. The second-order valence-corrected chi connectivity index (χ2v) is 12.7. The van der Waals surface area contributed by atoms with Gasteiger partial charge in [0.15, 0.2) is 6.23 Å². The molecule has 1 saturated heterocycles. The van der Waals surface area contributed by atoms with Crippen LogP contribution in [0.2, 0.25) is 0 Å². The van der Waals surface area contributed by atoms with Crippen molar-refractivity contribution >= 4 is 23.0 Å². The number of methoxy groups -OCH3 is 1. The first-order valence-corrected chi connectivity index (χ1v) is 14.1. The second kappa shape index (κ2) is 11.7. The van der Waals surface area contributed by atoms with Crippen LogP contribution in [0.1, 0.15) is 66.7 Å². The Kier molecular flexibility index (Phi) is 8.88. The van der Waals surface area contributed by atoms with Crippen LogP contribution in [-0.4, -0.2) is 66.2 Å². The number of halogens is 2. The van der Waals surface area contributed by atoms with Crippen molar-refractivity contribution in [3.8, 4) is 5.75 Å². The predicted octanol–water partition coefficient (Wildman–Crippen LogP) is 5.63. The van der Waals surface area contributed by atoms with Crippen molar-refractivity contribution in [1.82, 2.24) is 10.4 Å². The van der Waals surface area contributed by atoms with E-state index in [4.69, 9.17) is 9.47 Å². The van der Waals surface area contributed by atoms with Gasteiger partial charge in [0.2, 0.25) is 5.91 Å². The molecule has 2 aliphatic heterocycles. The Hall–Kier alpha value is -2.30. The maximum atomic E-state index is 15.7. The number of rotatable bonds is 11. The molecule has 8 nitrogen and oxygen atoms in total. The van der Waals surface area contributed by atoms with Crippen molar-refractivity contribution in [2.24, 2.45) is 28.2 Å². The van der Waals surface area contributed by atoms with E-state index < -0.39 is 29.7 Å². The maximum Gasteiger partial charge on any atom is 0.290 e. The molecule has 3 N–H and O–H groups in total. The molecule has 0 aromatic heterocycles. The molecule has 0 spiro atoms. The number of ether oxygens (including phenoxy) is 2. The van der Waals surface area contributed by atoms with Gasteiger partial charge in [0, 0.05) is 31.5 Å². The Labute approximate surface area is 230 Å². The smallest absolute Gasteiger partial charge is 0.290 e. The van der Waals surface area contributed by atoms with E-state index in [0.717, 1.165) is 18.8 Å². The number of anilines is 1. The highest BCUT2D eigenvalue weighted by molar-refractivity contribution is 6.01. The van der Waals surface area contributed by atoms with Crippen LogP contribution < -0.4 is 15.5 Å². The summed E-state index contributed by atoms with van der Waals surface area (Å²) in [4.78, 5) is 19.2. The molecule has 1 saturated carbocycles. The molecule has 39 heavy (non-hydrogen) atoms. The molecule has 6 atom stereocenters. The first-order chi connectivity index (χ1) is 18.3. The molecule has 2 fully saturated rings. The summed E-state index contributed by atoms with van der Waals surface area (Å²) < 4.78 is 43.0. The number of likely N-dealkylation sites (tertiary alicyclic amines) is 1. The molecule has 4 rings (SSSR count). The van der Waals surface area contributed by atoms with E-state index in [1.165, 1.54) is 6.42 Å². The fourth-order valence-corrected chi connectivity index (χ4v) is 5.58. The van der Waals surface area contributed by atoms with Crippen molar-refractivity contribution in [3.05, 3.63) is 18.2 Å². The number of aliphatic imine (C=N–C) groups is 1. The van der Waals surface area contributed by atoms with Crippen LogP contribution in [0.15, 0.2) is 23.2 Å². The van der Waals surface area contributed by atoms with Crippen LogP contribution in [0.25, 0.3) is 0 Å². The summed E-state index contributed by atoms with van der Waals surface area (Å²) in [7, 11) is 1.54. The lowest BCUT2D eigenvalue weighted by molar-refractivity contribution is -0.139. The third kappa shape index (κ3) is 6.89. The minimum Gasteiger partial charge on any atom is -0.497 e. The summed E-state index contributed by atoms with van der Waals surface area (Å²) >= 11 is 0. The summed E-state index contributed by atoms with van der Waals surface area (Å²) in [6.07, 6.45) is 1.45. The van der Waals surface area contributed by atoms with E-state index in [9.17, 15) is 10.0 Å². The Morgan fingerprint density at radius 2 is 1.95 bits per heavy atom. The number of unbranched alkanes of at least 4 members (excludes halogenated alkanes) is 1. The highest BCUT2D eigenvalue weighted by atomic mass is 19.3. The Morgan fingerprint density at radius 3 is 2.56 bits per heavy atom. The van der Waals surface area contributed by atoms with E-state index in [1.54, 1.807) is 30.2 Å². The molecule has 1 aliphatic carbocycles. The van der Waals surface area contributed by atoms with Crippen molar-refractivity contribution in [2.75, 3.05) is 25.5 Å². The van der Waals surface area contributed by atoms with Gasteiger partial charge in [-0.1, -0.05) is 47.5 Å². The number of hydroxylamine groups is 1. The number of hydrogen-bond acceptors (Lipinski definition) is 7. The number of carbonyl (C=O) groups is 1. The Morgan fingerprint density at radius 1 is 1.23 bits per heavy atom. The average molecular weight is 551 g/mol. The van der Waals surface area contributed by atoms with Crippen molar-refractivity contribution < 1.29 is 28.3 Å². The van der Waals surface area contributed by atoms with Crippen LogP contribution in [0.4, 0.5) is 20.2 Å². The molecule has 1 amide bonds. The summed E-state index contributed by atoms with van der Waals surface area (Å²) in [6.45, 7) is 10.4. The minimum absolute atomic E-state index is 0.0998. The number of carbonyl (C=O) groups excluding carboxylic acids is 1. The molecule has 1 aromatic carbocycles. The maximum absolute atomic E-state index is 15.7. The van der Waals surface area contributed by atoms with Gasteiger partial charge >= 0.3 is 0 Å². The third-order valence-corrected chi connectivity index (χ3v) is 8.35. The van der Waals surface area contributed by atoms with E-state index in [0.29, 0.717) is 36.0 Å². The molecule has 218 valence electrons. The lowest BCUT2D eigenvalue weighted by atomic mass is 9.86. The molecule has 1 aromatic rings. The quantitative estimate of drug-likeness (QED) is 0.244. The van der Waals surface area contributed by atoms with Crippen molar-refractivity contribution in [2.45, 2.75) is 91.0 Å². The van der Waals surface area contributed by atoms with Gasteiger partial charge in [-0.05, 0) is 42.2 Å². The number of benzene rings is 1. The SMILES string of the molecule is COc1ccc2c(c1)NC(O[C@H]1CN(C(=O)[C@@H](NO)C(C)(C)C)C[C@@H]1C)C(C(F)(F)CCCC[C@@H]1CC1C)=N2. The van der Waals surface area contributed by atoms with E-state index in [-0.39, 0.29) is 30.5 Å². The van der Waals surface area contributed by atoms with E-state index in [2.05, 4.69) is 22.7 Å². The number of nitrogens with zero attached hydrogens (tertiary/aromatic N) is 2. The highest BCUT2D eigenvalue weighted by Gasteiger charge is 2.46. The molecule has 10 heteroatoms. The molecule has 2 heterocycles. The lowest BCUT2D eigenvalue weighted by Crippen LogP contribution is -2.52. The molecule has 3 aliphatic rings. The number of fused-ring (bicyclic) bond motifs is 1. The summed E-state index contributed by atoms with van der Waals surface area (Å²) in [6, 6.07) is 4.28. The van der Waals surface area contributed by atoms with Gasteiger partial charge in [0.25, 0.3) is 5.92 Å². The van der Waals surface area contributed by atoms with E-state index >= 15 is 8.78 Å². The molecular formula is C29H44F2N4O4. The number of hydrogen-bond donors (Lipinski definition) is 3. The van der Waals surface area contributed by atoms with Crippen molar-refractivity contribution in [3.63, 3.8) is 0 Å². The van der Waals surface area contributed by atoms with Gasteiger partial charge in [-0.3, -0.25) is 4.79 Å². The molecular weight excluding hydrogens is 506 g/mol. The third-order valence-electron chi connectivity index (χ3n) is 8.35. The summed E-state index contributed by atoms with van der Waals surface area (Å²) in [5.74, 6) is -1.53. The first kappa shape index (κ1) is 29.7. The number of nitrogens with one attached hydrogen (secondary N) is 2. The monoisotopic (exact) mass is 550 g/mol. The van der Waals surface area contributed by atoms with Crippen LogP contribution in [0.5, 0.6) is 5.75 Å². The molecule has 2 unspecified atom stereocenters.